The SMILES string of the molecule is CCCn1c(C)nnc1CCCc1csc(N)n1. The van der Waals surface area contributed by atoms with Gasteiger partial charge in [0.15, 0.2) is 5.13 Å². The highest BCUT2D eigenvalue weighted by molar-refractivity contribution is 7.13. The number of nitrogens with zero attached hydrogens (tertiary/aromatic N) is 4. The fourth-order valence-corrected chi connectivity index (χ4v) is 2.59. The average molecular weight is 265 g/mol. The Hall–Kier alpha value is -1.43. The van der Waals surface area contributed by atoms with Crippen molar-refractivity contribution >= 4 is 16.5 Å². The van der Waals surface area contributed by atoms with Gasteiger partial charge in [-0.15, -0.1) is 21.5 Å². The minimum atomic E-state index is 0.648. The van der Waals surface area contributed by atoms with Gasteiger partial charge in [0, 0.05) is 18.3 Å². The number of aryl methyl sites for hydroxylation is 3. The van der Waals surface area contributed by atoms with Crippen molar-refractivity contribution in [1.82, 2.24) is 19.7 Å². The Bertz CT molecular complexity index is 502. The van der Waals surface area contributed by atoms with Crippen molar-refractivity contribution < 1.29 is 0 Å². The lowest BCUT2D eigenvalue weighted by Gasteiger charge is -2.06. The fraction of sp³-hybridized carbons (Fsp3) is 0.583. The van der Waals surface area contributed by atoms with Crippen molar-refractivity contribution in [2.45, 2.75) is 46.1 Å². The Morgan fingerprint density at radius 1 is 1.33 bits per heavy atom. The van der Waals surface area contributed by atoms with E-state index in [-0.39, 0.29) is 0 Å². The van der Waals surface area contributed by atoms with Gasteiger partial charge in [-0.05, 0) is 26.2 Å². The van der Waals surface area contributed by atoms with E-state index in [2.05, 4.69) is 26.7 Å². The van der Waals surface area contributed by atoms with Gasteiger partial charge < -0.3 is 10.3 Å². The Kier molecular flexibility index (Phi) is 4.30. The van der Waals surface area contributed by atoms with Crippen molar-refractivity contribution in [2.75, 3.05) is 5.73 Å². The molecule has 0 fully saturated rings. The van der Waals surface area contributed by atoms with Gasteiger partial charge in [0.05, 0.1) is 5.69 Å². The molecule has 0 spiro atoms. The molecule has 0 bridgehead atoms. The van der Waals surface area contributed by atoms with Crippen LogP contribution in [0.25, 0.3) is 0 Å². The van der Waals surface area contributed by atoms with Crippen molar-refractivity contribution in [3.8, 4) is 0 Å². The molecule has 0 aliphatic carbocycles. The molecule has 18 heavy (non-hydrogen) atoms. The zero-order valence-corrected chi connectivity index (χ0v) is 11.7. The van der Waals surface area contributed by atoms with Gasteiger partial charge in [-0.1, -0.05) is 6.92 Å². The van der Waals surface area contributed by atoms with Gasteiger partial charge in [0.25, 0.3) is 0 Å². The second-order valence-electron chi connectivity index (χ2n) is 4.35. The van der Waals surface area contributed by atoms with Crippen LogP contribution in [0.4, 0.5) is 5.13 Å². The van der Waals surface area contributed by atoms with Crippen LogP contribution in [0.5, 0.6) is 0 Å². The smallest absolute Gasteiger partial charge is 0.180 e. The van der Waals surface area contributed by atoms with Crippen LogP contribution in [0.15, 0.2) is 5.38 Å². The van der Waals surface area contributed by atoms with Crippen LogP contribution in [-0.2, 0) is 19.4 Å². The Morgan fingerprint density at radius 3 is 2.83 bits per heavy atom. The summed E-state index contributed by atoms with van der Waals surface area (Å²) >= 11 is 1.50. The molecule has 6 heteroatoms. The van der Waals surface area contributed by atoms with Gasteiger partial charge in [-0.3, -0.25) is 0 Å². The quantitative estimate of drug-likeness (QED) is 0.869. The monoisotopic (exact) mass is 265 g/mol. The van der Waals surface area contributed by atoms with E-state index in [1.165, 1.54) is 11.3 Å². The first-order valence-corrected chi connectivity index (χ1v) is 7.17. The topological polar surface area (TPSA) is 69.6 Å². The third kappa shape index (κ3) is 3.07. The molecule has 0 radical (unpaired) electrons. The number of anilines is 1. The Morgan fingerprint density at radius 2 is 2.17 bits per heavy atom. The summed E-state index contributed by atoms with van der Waals surface area (Å²) in [7, 11) is 0. The predicted octanol–water partition coefficient (Wildman–Crippen LogP) is 2.21. The number of aromatic nitrogens is 4. The average Bonchev–Trinajstić information content (AvgIpc) is 2.90. The molecule has 0 amide bonds. The number of nitrogen functional groups attached to an aromatic ring is 1. The largest absolute Gasteiger partial charge is 0.375 e. The maximum absolute atomic E-state index is 5.61. The lowest BCUT2D eigenvalue weighted by atomic mass is 10.2. The van der Waals surface area contributed by atoms with Crippen molar-refractivity contribution in [3.63, 3.8) is 0 Å². The zero-order chi connectivity index (χ0) is 13.0. The van der Waals surface area contributed by atoms with E-state index in [0.29, 0.717) is 5.13 Å². The highest BCUT2D eigenvalue weighted by atomic mass is 32.1. The van der Waals surface area contributed by atoms with E-state index in [1.54, 1.807) is 0 Å². The molecule has 2 heterocycles. The van der Waals surface area contributed by atoms with Crippen molar-refractivity contribution in [1.29, 1.82) is 0 Å². The van der Waals surface area contributed by atoms with Crippen LogP contribution in [-0.4, -0.2) is 19.7 Å². The van der Waals surface area contributed by atoms with Crippen LogP contribution in [0.1, 0.15) is 37.1 Å². The standard InChI is InChI=1S/C12H19N5S/c1-3-7-17-9(2)15-16-11(17)6-4-5-10-8-18-12(13)14-10/h8H,3-7H2,1-2H3,(H2,13,14). The summed E-state index contributed by atoms with van der Waals surface area (Å²) in [5, 5.41) is 11.1. The first kappa shape index (κ1) is 13.0. The lowest BCUT2D eigenvalue weighted by Crippen LogP contribution is -2.06. The highest BCUT2D eigenvalue weighted by Crippen LogP contribution is 2.14. The molecule has 0 aliphatic rings. The van der Waals surface area contributed by atoms with E-state index in [1.807, 2.05) is 12.3 Å². The van der Waals surface area contributed by atoms with Gasteiger partial charge in [0.1, 0.15) is 11.6 Å². The normalized spacial score (nSPS) is 11.0. The summed E-state index contributed by atoms with van der Waals surface area (Å²) < 4.78 is 2.20. The zero-order valence-electron chi connectivity index (χ0n) is 10.9. The molecule has 5 nitrogen and oxygen atoms in total. The molecule has 98 valence electrons. The first-order valence-electron chi connectivity index (χ1n) is 6.29. The van der Waals surface area contributed by atoms with E-state index in [0.717, 1.165) is 49.6 Å². The lowest BCUT2D eigenvalue weighted by molar-refractivity contribution is 0.609. The van der Waals surface area contributed by atoms with Crippen LogP contribution >= 0.6 is 11.3 Å². The van der Waals surface area contributed by atoms with Crippen LogP contribution in [0.3, 0.4) is 0 Å². The second kappa shape index (κ2) is 5.95. The minimum Gasteiger partial charge on any atom is -0.375 e. The molecule has 2 aromatic heterocycles. The number of thiazole rings is 1. The molecule has 2 rings (SSSR count). The van der Waals surface area contributed by atoms with Crippen molar-refractivity contribution in [2.24, 2.45) is 0 Å². The number of hydrogen-bond acceptors (Lipinski definition) is 5. The fourth-order valence-electron chi connectivity index (χ4n) is 1.99. The molecular weight excluding hydrogens is 246 g/mol. The summed E-state index contributed by atoms with van der Waals surface area (Å²) in [5.74, 6) is 2.09. The third-order valence-corrected chi connectivity index (χ3v) is 3.59. The highest BCUT2D eigenvalue weighted by Gasteiger charge is 2.08. The van der Waals surface area contributed by atoms with Gasteiger partial charge in [-0.2, -0.15) is 0 Å². The molecule has 0 atom stereocenters. The van der Waals surface area contributed by atoms with Gasteiger partial charge in [0.2, 0.25) is 0 Å². The van der Waals surface area contributed by atoms with E-state index in [9.17, 15) is 0 Å². The maximum Gasteiger partial charge on any atom is 0.180 e. The summed E-state index contributed by atoms with van der Waals surface area (Å²) in [6.45, 7) is 5.17. The van der Waals surface area contributed by atoms with E-state index in [4.69, 9.17) is 5.73 Å². The molecule has 0 aromatic carbocycles. The van der Waals surface area contributed by atoms with Gasteiger partial charge in [-0.25, -0.2) is 4.98 Å². The first-order chi connectivity index (χ1) is 8.70. The third-order valence-electron chi connectivity index (χ3n) is 2.86. The number of rotatable bonds is 6. The Labute approximate surface area is 111 Å². The number of nitrogens with two attached hydrogens (primary N) is 1. The Balaban J connectivity index is 1.90. The molecule has 0 aliphatic heterocycles. The summed E-state index contributed by atoms with van der Waals surface area (Å²) in [6, 6.07) is 0. The number of hydrogen-bond donors (Lipinski definition) is 1. The molecule has 2 N–H and O–H groups in total. The molecule has 0 unspecified atom stereocenters. The second-order valence-corrected chi connectivity index (χ2v) is 5.24. The van der Waals surface area contributed by atoms with Crippen LogP contribution in [0.2, 0.25) is 0 Å². The molecule has 0 saturated carbocycles. The minimum absolute atomic E-state index is 0.648. The molecular formula is C12H19N5S. The van der Waals surface area contributed by atoms with E-state index >= 15 is 0 Å². The summed E-state index contributed by atoms with van der Waals surface area (Å²) in [6.07, 6.45) is 4.03. The molecule has 0 saturated heterocycles. The van der Waals surface area contributed by atoms with E-state index < -0.39 is 0 Å². The summed E-state index contributed by atoms with van der Waals surface area (Å²) in [5.41, 5.74) is 6.69. The summed E-state index contributed by atoms with van der Waals surface area (Å²) in [4.78, 5) is 4.26. The predicted molar refractivity (Wildman–Crippen MR) is 73.6 cm³/mol. The van der Waals surface area contributed by atoms with Crippen LogP contribution < -0.4 is 5.73 Å². The maximum atomic E-state index is 5.61. The van der Waals surface area contributed by atoms with Crippen LogP contribution in [0, 0.1) is 6.92 Å². The molecule has 2 aromatic rings. The van der Waals surface area contributed by atoms with Crippen molar-refractivity contribution in [3.05, 3.63) is 22.7 Å². The van der Waals surface area contributed by atoms with Gasteiger partial charge >= 0.3 is 0 Å².